The number of rotatable bonds is 5. The third-order valence-corrected chi connectivity index (χ3v) is 4.55. The van der Waals surface area contributed by atoms with Gasteiger partial charge in [-0.3, -0.25) is 10.3 Å². The zero-order valence-corrected chi connectivity index (χ0v) is 16.1. The number of carbonyl (C=O) groups is 2. The van der Waals surface area contributed by atoms with Gasteiger partial charge in [-0.15, -0.1) is 0 Å². The molecule has 0 radical (unpaired) electrons. The van der Waals surface area contributed by atoms with Crippen LogP contribution in [0.4, 0.5) is 10.5 Å². The fourth-order valence-corrected chi connectivity index (χ4v) is 3.11. The van der Waals surface area contributed by atoms with Crippen LogP contribution in [-0.2, 0) is 11.3 Å². The highest BCUT2D eigenvalue weighted by Crippen LogP contribution is 2.26. The molecule has 0 saturated heterocycles. The molecule has 7 heteroatoms. The van der Waals surface area contributed by atoms with Crippen LogP contribution < -0.4 is 5.32 Å². The number of aryl methyl sites for hydroxylation is 1. The largest absolute Gasteiger partial charge is 0.478 e. The van der Waals surface area contributed by atoms with Gasteiger partial charge in [0.15, 0.2) is 6.61 Å². The fraction of sp³-hybridized carbons (Fsp3) is 0.0870. The minimum absolute atomic E-state index is 0.00128. The van der Waals surface area contributed by atoms with Gasteiger partial charge in [0, 0.05) is 23.3 Å². The van der Waals surface area contributed by atoms with Crippen LogP contribution in [0.2, 0.25) is 0 Å². The molecular formula is C23H18N2O5. The van der Waals surface area contributed by atoms with Crippen molar-refractivity contribution in [1.29, 1.82) is 0 Å². The van der Waals surface area contributed by atoms with Gasteiger partial charge in [0.05, 0.1) is 11.3 Å². The lowest BCUT2D eigenvalue weighted by Gasteiger charge is -2.09. The number of aromatic nitrogens is 1. The zero-order chi connectivity index (χ0) is 21.1. The molecule has 0 aliphatic heterocycles. The fourth-order valence-electron chi connectivity index (χ4n) is 3.11. The van der Waals surface area contributed by atoms with E-state index in [1.165, 1.54) is 12.1 Å². The van der Waals surface area contributed by atoms with E-state index in [0.29, 0.717) is 11.3 Å². The maximum atomic E-state index is 12.1. The van der Waals surface area contributed by atoms with Crippen molar-refractivity contribution in [3.05, 3.63) is 83.9 Å². The summed E-state index contributed by atoms with van der Waals surface area (Å²) in [7, 11) is 0. The summed E-state index contributed by atoms with van der Waals surface area (Å²) in [6.45, 7) is 1.69. The topological polar surface area (TPSA) is 102 Å². The summed E-state index contributed by atoms with van der Waals surface area (Å²) in [5.41, 5.74) is 3.61. The number of pyridine rings is 1. The Morgan fingerprint density at radius 3 is 2.73 bits per heavy atom. The number of amides is 1. The monoisotopic (exact) mass is 402 g/mol. The van der Waals surface area contributed by atoms with E-state index in [-0.39, 0.29) is 17.9 Å². The second-order valence-corrected chi connectivity index (χ2v) is 6.76. The quantitative estimate of drug-likeness (QED) is 0.473. The minimum atomic E-state index is -1.13. The van der Waals surface area contributed by atoms with E-state index in [2.05, 4.69) is 10.3 Å². The molecule has 0 atom stereocenters. The smallest absolute Gasteiger partial charge is 0.412 e. The third kappa shape index (κ3) is 4.15. The van der Waals surface area contributed by atoms with Crippen LogP contribution in [0.3, 0.4) is 0 Å². The van der Waals surface area contributed by atoms with Crippen molar-refractivity contribution in [3.8, 4) is 11.1 Å². The molecule has 2 N–H and O–H groups in total. The molecule has 0 saturated carbocycles. The standard InChI is InChI=1S/C23H18N2O5/c1-14-4-6-20(19(9-14)22(26)27)25-23(28)29-13-18-11-17-10-15(5-7-21(17)30-18)16-3-2-8-24-12-16/h2-12H,13H2,1H3,(H,25,28)(H,26,27). The Balaban J connectivity index is 1.45. The molecule has 4 rings (SSSR count). The highest BCUT2D eigenvalue weighted by Gasteiger charge is 2.14. The Hall–Kier alpha value is -4.13. The van der Waals surface area contributed by atoms with Crippen LogP contribution in [0.1, 0.15) is 21.7 Å². The normalized spacial score (nSPS) is 10.7. The van der Waals surface area contributed by atoms with E-state index in [9.17, 15) is 14.7 Å². The summed E-state index contributed by atoms with van der Waals surface area (Å²) in [6.07, 6.45) is 2.74. The second-order valence-electron chi connectivity index (χ2n) is 6.76. The van der Waals surface area contributed by atoms with Gasteiger partial charge in [-0.25, -0.2) is 9.59 Å². The van der Waals surface area contributed by atoms with Gasteiger partial charge in [-0.05, 0) is 48.9 Å². The summed E-state index contributed by atoms with van der Waals surface area (Å²) in [4.78, 5) is 27.6. The molecule has 1 amide bonds. The average molecular weight is 402 g/mol. The van der Waals surface area contributed by atoms with Crippen LogP contribution in [0, 0.1) is 6.92 Å². The lowest BCUT2D eigenvalue weighted by Crippen LogP contribution is -2.16. The number of fused-ring (bicyclic) bond motifs is 1. The van der Waals surface area contributed by atoms with Gasteiger partial charge in [-0.2, -0.15) is 0 Å². The molecule has 2 aromatic carbocycles. The van der Waals surface area contributed by atoms with Crippen LogP contribution in [0.25, 0.3) is 22.1 Å². The van der Waals surface area contributed by atoms with Crippen molar-refractivity contribution in [2.24, 2.45) is 0 Å². The number of anilines is 1. The van der Waals surface area contributed by atoms with Crippen molar-refractivity contribution >= 4 is 28.7 Å². The molecule has 0 fully saturated rings. The number of ether oxygens (including phenoxy) is 1. The van der Waals surface area contributed by atoms with Crippen molar-refractivity contribution < 1.29 is 23.8 Å². The predicted octanol–water partition coefficient (Wildman–Crippen LogP) is 5.25. The molecule has 0 unspecified atom stereocenters. The zero-order valence-electron chi connectivity index (χ0n) is 16.1. The van der Waals surface area contributed by atoms with Gasteiger partial charge >= 0.3 is 12.1 Å². The molecule has 0 spiro atoms. The molecule has 150 valence electrons. The molecule has 0 bridgehead atoms. The van der Waals surface area contributed by atoms with Crippen LogP contribution in [0.5, 0.6) is 0 Å². The van der Waals surface area contributed by atoms with Crippen molar-refractivity contribution in [2.75, 3.05) is 5.32 Å². The maximum absolute atomic E-state index is 12.1. The summed E-state index contributed by atoms with van der Waals surface area (Å²) >= 11 is 0. The van der Waals surface area contributed by atoms with Gasteiger partial charge in [0.1, 0.15) is 11.3 Å². The Bertz CT molecular complexity index is 1230. The van der Waals surface area contributed by atoms with Crippen LogP contribution >= 0.6 is 0 Å². The van der Waals surface area contributed by atoms with Crippen LogP contribution in [-0.4, -0.2) is 22.2 Å². The lowest BCUT2D eigenvalue weighted by molar-refractivity contribution is 0.0698. The van der Waals surface area contributed by atoms with Crippen molar-refractivity contribution in [3.63, 3.8) is 0 Å². The molecular weight excluding hydrogens is 384 g/mol. The van der Waals surface area contributed by atoms with Gasteiger partial charge in [0.25, 0.3) is 0 Å². The van der Waals surface area contributed by atoms with Gasteiger partial charge in [-0.1, -0.05) is 23.8 Å². The van der Waals surface area contributed by atoms with E-state index < -0.39 is 12.1 Å². The maximum Gasteiger partial charge on any atom is 0.412 e. The first-order valence-electron chi connectivity index (χ1n) is 9.20. The second kappa shape index (κ2) is 8.08. The predicted molar refractivity (Wildman–Crippen MR) is 111 cm³/mol. The molecule has 30 heavy (non-hydrogen) atoms. The summed E-state index contributed by atoms with van der Waals surface area (Å²) in [6, 6.07) is 16.1. The van der Waals surface area contributed by atoms with Gasteiger partial charge < -0.3 is 14.3 Å². The lowest BCUT2D eigenvalue weighted by atomic mass is 10.1. The van der Waals surface area contributed by atoms with E-state index in [1.54, 1.807) is 31.5 Å². The Kier molecular flexibility index (Phi) is 5.17. The number of nitrogens with one attached hydrogen (secondary N) is 1. The first-order chi connectivity index (χ1) is 14.5. The minimum Gasteiger partial charge on any atom is -0.478 e. The highest BCUT2D eigenvalue weighted by atomic mass is 16.6. The summed E-state index contributed by atoms with van der Waals surface area (Å²) in [5.74, 6) is -0.651. The van der Waals surface area contributed by atoms with E-state index >= 15 is 0 Å². The number of aromatic carboxylic acids is 1. The van der Waals surface area contributed by atoms with E-state index in [4.69, 9.17) is 9.15 Å². The SMILES string of the molecule is Cc1ccc(NC(=O)OCc2cc3cc(-c4cccnc4)ccc3o2)c(C(=O)O)c1. The number of hydrogen-bond acceptors (Lipinski definition) is 5. The number of furan rings is 1. The molecule has 7 nitrogen and oxygen atoms in total. The summed E-state index contributed by atoms with van der Waals surface area (Å²) in [5, 5.41) is 12.6. The van der Waals surface area contributed by atoms with Crippen molar-refractivity contribution in [2.45, 2.75) is 13.5 Å². The first kappa shape index (κ1) is 19.2. The number of carbonyl (C=O) groups excluding carboxylic acids is 1. The van der Waals surface area contributed by atoms with Crippen LogP contribution in [0.15, 0.2) is 71.4 Å². The van der Waals surface area contributed by atoms with Gasteiger partial charge in [0.2, 0.25) is 0 Å². The number of benzene rings is 2. The molecule has 0 aliphatic rings. The number of hydrogen-bond donors (Lipinski definition) is 2. The Labute approximate surface area is 171 Å². The summed E-state index contributed by atoms with van der Waals surface area (Å²) < 4.78 is 10.9. The Morgan fingerprint density at radius 2 is 1.97 bits per heavy atom. The number of nitrogens with zero attached hydrogens (tertiary/aromatic N) is 1. The average Bonchev–Trinajstić information content (AvgIpc) is 3.16. The third-order valence-electron chi connectivity index (χ3n) is 4.55. The first-order valence-corrected chi connectivity index (χ1v) is 9.20. The van der Waals surface area contributed by atoms with E-state index in [0.717, 1.165) is 22.1 Å². The molecule has 2 heterocycles. The number of carboxylic acid groups (broad SMARTS) is 1. The number of carboxylic acids is 1. The molecule has 4 aromatic rings. The Morgan fingerprint density at radius 1 is 1.10 bits per heavy atom. The molecule has 0 aliphatic carbocycles. The van der Waals surface area contributed by atoms with E-state index in [1.807, 2.05) is 30.3 Å². The van der Waals surface area contributed by atoms with Crippen molar-refractivity contribution in [1.82, 2.24) is 4.98 Å². The molecule has 2 aromatic heterocycles. The highest BCUT2D eigenvalue weighted by molar-refractivity contribution is 5.98.